The Hall–Kier alpha value is -1.74. The van der Waals surface area contributed by atoms with Gasteiger partial charge >= 0.3 is 0 Å². The molecule has 1 amide bonds. The number of primary amides is 1. The molecule has 180 valence electrons. The average molecular weight is 474 g/mol. The normalized spacial score (nSPS) is 31.4. The summed E-state index contributed by atoms with van der Waals surface area (Å²) in [7, 11) is 0. The highest BCUT2D eigenvalue weighted by atomic mass is 32.1. The first-order valence-corrected chi connectivity index (χ1v) is 13.1. The molecule has 8 heteroatoms. The molecule has 3 N–H and O–H groups in total. The van der Waals surface area contributed by atoms with Gasteiger partial charge < -0.3 is 20.3 Å². The summed E-state index contributed by atoms with van der Waals surface area (Å²) in [5.74, 6) is 0.357. The van der Waals surface area contributed by atoms with Crippen LogP contribution in [0.25, 0.3) is 10.2 Å². The number of nitrogens with zero attached hydrogens (tertiary/aromatic N) is 2. The number of nitrogens with two attached hydrogens (primary N) is 1. The van der Waals surface area contributed by atoms with E-state index in [0.29, 0.717) is 24.5 Å². The third kappa shape index (κ3) is 4.50. The Morgan fingerprint density at radius 3 is 2.70 bits per heavy atom. The Balaban J connectivity index is 1.31. The summed E-state index contributed by atoms with van der Waals surface area (Å²) in [6, 6.07) is 3.52. The summed E-state index contributed by atoms with van der Waals surface area (Å²) in [6.07, 6.45) is 7.53. The number of thiophene rings is 1. The molecule has 3 heterocycles. The summed E-state index contributed by atoms with van der Waals surface area (Å²) in [5.41, 5.74) is 6.54. The number of hydrogen-bond donors (Lipinski definition) is 2. The van der Waals surface area contributed by atoms with Gasteiger partial charge in [-0.05, 0) is 76.3 Å². The number of hydrogen-bond acceptors (Lipinski definition) is 7. The molecule has 5 rings (SSSR count). The summed E-state index contributed by atoms with van der Waals surface area (Å²) in [6.45, 7) is 6.19. The van der Waals surface area contributed by atoms with E-state index in [-0.39, 0.29) is 12.0 Å². The van der Waals surface area contributed by atoms with Crippen LogP contribution in [-0.2, 0) is 16.0 Å². The molecular formula is C25H35N3O4S. The van der Waals surface area contributed by atoms with Crippen LogP contribution in [0.4, 0.5) is 0 Å². The second-order valence-electron chi connectivity index (χ2n) is 10.0. The molecule has 0 aromatic carbocycles. The second-order valence-corrected chi connectivity index (χ2v) is 11.1. The van der Waals surface area contributed by atoms with E-state index >= 15 is 0 Å². The highest BCUT2D eigenvalue weighted by molar-refractivity contribution is 7.19. The fraction of sp³-hybridized carbons (Fsp3) is 0.680. The number of carbonyl (C=O) groups excluding carboxylic acids is 1. The van der Waals surface area contributed by atoms with Crippen LogP contribution in [0.15, 0.2) is 12.3 Å². The van der Waals surface area contributed by atoms with Crippen molar-refractivity contribution in [1.29, 1.82) is 0 Å². The quantitative estimate of drug-likeness (QED) is 0.668. The van der Waals surface area contributed by atoms with Crippen LogP contribution in [0.5, 0.6) is 5.75 Å². The van der Waals surface area contributed by atoms with Gasteiger partial charge in [0.1, 0.15) is 16.7 Å². The zero-order chi connectivity index (χ0) is 23.1. The summed E-state index contributed by atoms with van der Waals surface area (Å²) in [4.78, 5) is 21.0. The Bertz CT molecular complexity index is 993. The number of aliphatic hydroxyl groups excluding tert-OH is 1. The minimum Gasteiger partial charge on any atom is -0.490 e. The van der Waals surface area contributed by atoms with Crippen molar-refractivity contribution in [2.45, 2.75) is 95.0 Å². The van der Waals surface area contributed by atoms with Crippen molar-refractivity contribution in [3.05, 3.63) is 22.7 Å². The Labute approximate surface area is 199 Å². The first-order valence-electron chi connectivity index (χ1n) is 12.3. The average Bonchev–Trinajstić information content (AvgIpc) is 3.35. The molecular weight excluding hydrogens is 438 g/mol. The number of ether oxygens (including phenoxy) is 2. The van der Waals surface area contributed by atoms with E-state index < -0.39 is 12.0 Å². The van der Waals surface area contributed by atoms with Crippen molar-refractivity contribution in [3.8, 4) is 5.75 Å². The van der Waals surface area contributed by atoms with E-state index in [1.54, 1.807) is 11.3 Å². The van der Waals surface area contributed by atoms with Gasteiger partial charge in [-0.2, -0.15) is 0 Å². The van der Waals surface area contributed by atoms with Crippen molar-refractivity contribution in [2.75, 3.05) is 13.2 Å². The van der Waals surface area contributed by atoms with E-state index in [9.17, 15) is 9.90 Å². The van der Waals surface area contributed by atoms with E-state index in [1.807, 2.05) is 12.3 Å². The van der Waals surface area contributed by atoms with Gasteiger partial charge in [-0.25, -0.2) is 4.98 Å². The number of fused-ring (bicyclic) bond motifs is 3. The van der Waals surface area contributed by atoms with Gasteiger partial charge in [0, 0.05) is 29.2 Å². The molecule has 33 heavy (non-hydrogen) atoms. The predicted octanol–water partition coefficient (Wildman–Crippen LogP) is 3.36. The highest BCUT2D eigenvalue weighted by Gasteiger charge is 2.36. The molecule has 2 fully saturated rings. The van der Waals surface area contributed by atoms with Crippen molar-refractivity contribution in [1.82, 2.24) is 9.88 Å². The fourth-order valence-corrected chi connectivity index (χ4v) is 7.48. The Kier molecular flexibility index (Phi) is 6.62. The van der Waals surface area contributed by atoms with Crippen molar-refractivity contribution in [3.63, 3.8) is 0 Å². The summed E-state index contributed by atoms with van der Waals surface area (Å²) in [5, 5.41) is 11.2. The zero-order valence-electron chi connectivity index (χ0n) is 19.5. The van der Waals surface area contributed by atoms with Gasteiger partial charge in [0.15, 0.2) is 0 Å². The van der Waals surface area contributed by atoms with E-state index in [2.05, 4.69) is 23.7 Å². The number of aryl methyl sites for hydroxylation is 1. The molecule has 1 saturated heterocycles. The molecule has 4 atom stereocenters. The minimum absolute atomic E-state index is 0.114. The Morgan fingerprint density at radius 2 is 2.00 bits per heavy atom. The van der Waals surface area contributed by atoms with E-state index in [1.165, 1.54) is 10.4 Å². The molecule has 1 saturated carbocycles. The SMILES string of the molecule is C[C@@H]1COC[C@H](C)N1C1CCC(Oc2ccnc3sc4c(c23)[C@@H](C[C@H](O)C(N)=O)CC4)CC1. The molecule has 7 nitrogen and oxygen atoms in total. The minimum atomic E-state index is -1.11. The number of aromatic nitrogens is 1. The standard InChI is InChI=1S/C25H35N3O4S/c1-14-12-31-13-15(2)28(14)17-4-6-18(7-5-17)32-20-9-10-27-25-23(20)22-16(3-8-21(22)33-25)11-19(29)24(26)30/h9-10,14-19,29H,3-8,11-13H2,1-2H3,(H2,26,30)/t14-,15+,16-,17?,18?,19+/m1/s1. The molecule has 1 aliphatic heterocycles. The number of carbonyl (C=O) groups is 1. The smallest absolute Gasteiger partial charge is 0.246 e. The second kappa shape index (κ2) is 9.49. The van der Waals surface area contributed by atoms with Gasteiger partial charge in [0.05, 0.1) is 24.7 Å². The lowest BCUT2D eigenvalue weighted by atomic mass is 9.89. The maximum Gasteiger partial charge on any atom is 0.246 e. The molecule has 0 spiro atoms. The van der Waals surface area contributed by atoms with Crippen LogP contribution in [-0.4, -0.2) is 64.4 Å². The fourth-order valence-electron chi connectivity index (χ4n) is 6.23. The molecule has 2 aromatic heterocycles. The van der Waals surface area contributed by atoms with E-state index in [0.717, 1.165) is 67.7 Å². The number of morpholine rings is 1. The zero-order valence-corrected chi connectivity index (χ0v) is 20.4. The largest absolute Gasteiger partial charge is 0.490 e. The predicted molar refractivity (Wildman–Crippen MR) is 129 cm³/mol. The third-order valence-corrected chi connectivity index (χ3v) is 8.90. The molecule has 3 aliphatic rings. The summed E-state index contributed by atoms with van der Waals surface area (Å²) < 4.78 is 12.3. The lowest BCUT2D eigenvalue weighted by molar-refractivity contribution is -0.126. The lowest BCUT2D eigenvalue weighted by Crippen LogP contribution is -2.55. The number of pyridine rings is 1. The van der Waals surface area contributed by atoms with Crippen molar-refractivity contribution < 1.29 is 19.4 Å². The first-order chi connectivity index (χ1) is 15.9. The maximum atomic E-state index is 11.4. The number of rotatable bonds is 6. The third-order valence-electron chi connectivity index (χ3n) is 7.73. The molecule has 0 unspecified atom stereocenters. The van der Waals surface area contributed by atoms with Gasteiger partial charge in [-0.15, -0.1) is 11.3 Å². The topological polar surface area (TPSA) is 97.9 Å². The van der Waals surface area contributed by atoms with Crippen LogP contribution >= 0.6 is 11.3 Å². The van der Waals surface area contributed by atoms with Crippen molar-refractivity contribution in [2.24, 2.45) is 5.73 Å². The lowest BCUT2D eigenvalue weighted by Gasteiger charge is -2.46. The Morgan fingerprint density at radius 1 is 1.27 bits per heavy atom. The van der Waals surface area contributed by atoms with Crippen LogP contribution in [0.1, 0.15) is 68.7 Å². The molecule has 2 aromatic rings. The van der Waals surface area contributed by atoms with Crippen LogP contribution < -0.4 is 10.5 Å². The monoisotopic (exact) mass is 473 g/mol. The number of amides is 1. The van der Waals surface area contributed by atoms with Gasteiger partial charge in [0.2, 0.25) is 5.91 Å². The summed E-state index contributed by atoms with van der Waals surface area (Å²) >= 11 is 1.71. The molecule has 0 radical (unpaired) electrons. The first kappa shape index (κ1) is 23.0. The molecule has 2 aliphatic carbocycles. The van der Waals surface area contributed by atoms with Crippen LogP contribution in [0, 0.1) is 0 Å². The van der Waals surface area contributed by atoms with Gasteiger partial charge in [-0.1, -0.05) is 0 Å². The molecule has 0 bridgehead atoms. The van der Waals surface area contributed by atoms with Gasteiger partial charge in [0.25, 0.3) is 0 Å². The van der Waals surface area contributed by atoms with Crippen LogP contribution in [0.3, 0.4) is 0 Å². The maximum absolute atomic E-state index is 11.4. The van der Waals surface area contributed by atoms with Crippen LogP contribution in [0.2, 0.25) is 0 Å². The van der Waals surface area contributed by atoms with Crippen molar-refractivity contribution >= 4 is 27.5 Å². The van der Waals surface area contributed by atoms with E-state index in [4.69, 9.17) is 15.2 Å². The van der Waals surface area contributed by atoms with Gasteiger partial charge in [-0.3, -0.25) is 9.69 Å². The highest BCUT2D eigenvalue weighted by Crippen LogP contribution is 2.48. The number of aliphatic hydroxyl groups is 1.